The van der Waals surface area contributed by atoms with Gasteiger partial charge >= 0.3 is 0 Å². The van der Waals surface area contributed by atoms with E-state index in [1.54, 1.807) is 0 Å². The van der Waals surface area contributed by atoms with Crippen LogP contribution >= 0.6 is 15.9 Å². The molecular weight excluding hydrogens is 276 g/mol. The molecule has 96 valence electrons. The van der Waals surface area contributed by atoms with Gasteiger partial charge in [-0.05, 0) is 37.6 Å². The Hall–Kier alpha value is -0.380. The molecule has 0 saturated carbocycles. The van der Waals surface area contributed by atoms with Gasteiger partial charge in [0.2, 0.25) is 0 Å². The minimum absolute atomic E-state index is 0.0515. The number of nitrogens with zero attached hydrogens (tertiary/aromatic N) is 1. The number of benzene rings is 1. The normalized spacial score (nSPS) is 12.1. The summed E-state index contributed by atoms with van der Waals surface area (Å²) in [6.45, 7) is 6.22. The first-order valence-electron chi connectivity index (χ1n) is 6.21. The van der Waals surface area contributed by atoms with E-state index in [-0.39, 0.29) is 5.54 Å². The van der Waals surface area contributed by atoms with Crippen molar-refractivity contribution < 1.29 is 0 Å². The van der Waals surface area contributed by atoms with E-state index in [2.05, 4.69) is 66.0 Å². The topological polar surface area (TPSA) is 29.3 Å². The van der Waals surface area contributed by atoms with Gasteiger partial charge in [-0.15, -0.1) is 0 Å². The second-order valence-electron chi connectivity index (χ2n) is 4.87. The number of rotatable bonds is 6. The highest BCUT2D eigenvalue weighted by Gasteiger charge is 2.21. The van der Waals surface area contributed by atoms with Crippen LogP contribution in [0.3, 0.4) is 0 Å². The average molecular weight is 299 g/mol. The summed E-state index contributed by atoms with van der Waals surface area (Å²) in [6, 6.07) is 8.46. The number of halogens is 1. The van der Waals surface area contributed by atoms with Gasteiger partial charge in [-0.25, -0.2) is 0 Å². The molecule has 0 atom stereocenters. The maximum Gasteiger partial charge on any atom is 0.0278 e. The van der Waals surface area contributed by atoms with Gasteiger partial charge in [0, 0.05) is 23.1 Å². The van der Waals surface area contributed by atoms with Crippen molar-refractivity contribution in [3.8, 4) is 0 Å². The highest BCUT2D eigenvalue weighted by Crippen LogP contribution is 2.15. The largest absolute Gasteiger partial charge is 0.324 e. The van der Waals surface area contributed by atoms with Gasteiger partial charge in [-0.3, -0.25) is 0 Å². The van der Waals surface area contributed by atoms with Crippen LogP contribution in [0.1, 0.15) is 32.3 Å². The van der Waals surface area contributed by atoms with E-state index in [1.807, 2.05) is 0 Å². The third-order valence-electron chi connectivity index (χ3n) is 3.36. The molecule has 0 fully saturated rings. The van der Waals surface area contributed by atoms with Crippen LogP contribution in [0.2, 0.25) is 0 Å². The van der Waals surface area contributed by atoms with Gasteiger partial charge in [0.05, 0.1) is 0 Å². The first kappa shape index (κ1) is 14.7. The van der Waals surface area contributed by atoms with Crippen LogP contribution in [0.4, 0.5) is 0 Å². The highest BCUT2D eigenvalue weighted by molar-refractivity contribution is 9.10. The van der Waals surface area contributed by atoms with Crippen LogP contribution in [0.15, 0.2) is 28.7 Å². The fourth-order valence-electron chi connectivity index (χ4n) is 1.97. The standard InChI is InChI=1S/C14H23BrN2/c1-4-14(16,5-2)11-17(3)10-12-6-8-13(15)9-7-12/h6-9H,4-5,10-11,16H2,1-3H3. The molecule has 0 spiro atoms. The molecule has 0 aromatic heterocycles. The van der Waals surface area contributed by atoms with E-state index in [1.165, 1.54) is 5.56 Å². The quantitative estimate of drug-likeness (QED) is 0.872. The number of hydrogen-bond donors (Lipinski definition) is 1. The summed E-state index contributed by atoms with van der Waals surface area (Å²) >= 11 is 3.45. The van der Waals surface area contributed by atoms with Gasteiger partial charge in [0.25, 0.3) is 0 Å². The summed E-state index contributed by atoms with van der Waals surface area (Å²) in [6.07, 6.45) is 2.04. The molecule has 17 heavy (non-hydrogen) atoms. The Balaban J connectivity index is 2.54. The Labute approximate surface area is 113 Å². The van der Waals surface area contributed by atoms with E-state index < -0.39 is 0 Å². The first-order valence-corrected chi connectivity index (χ1v) is 7.00. The summed E-state index contributed by atoms with van der Waals surface area (Å²) in [5.41, 5.74) is 7.60. The third-order valence-corrected chi connectivity index (χ3v) is 3.89. The summed E-state index contributed by atoms with van der Waals surface area (Å²) < 4.78 is 1.12. The molecule has 2 N–H and O–H groups in total. The van der Waals surface area contributed by atoms with Crippen molar-refractivity contribution in [3.05, 3.63) is 34.3 Å². The molecule has 0 amide bonds. The predicted octanol–water partition coefficient (Wildman–Crippen LogP) is 3.40. The second-order valence-corrected chi connectivity index (χ2v) is 5.78. The third kappa shape index (κ3) is 4.78. The fourth-order valence-corrected chi connectivity index (χ4v) is 2.23. The lowest BCUT2D eigenvalue weighted by Gasteiger charge is -2.32. The summed E-state index contributed by atoms with van der Waals surface area (Å²) in [5, 5.41) is 0. The zero-order valence-electron chi connectivity index (χ0n) is 11.0. The van der Waals surface area contributed by atoms with E-state index in [0.717, 1.165) is 30.4 Å². The Kier molecular flexibility index (Phi) is 5.63. The average Bonchev–Trinajstić information content (AvgIpc) is 2.32. The zero-order chi connectivity index (χ0) is 12.9. The molecule has 1 rings (SSSR count). The maximum atomic E-state index is 6.33. The predicted molar refractivity (Wildman–Crippen MR) is 78.0 cm³/mol. The molecule has 0 aliphatic heterocycles. The lowest BCUT2D eigenvalue weighted by molar-refractivity contribution is 0.228. The van der Waals surface area contributed by atoms with Gasteiger partial charge in [-0.2, -0.15) is 0 Å². The first-order chi connectivity index (χ1) is 7.99. The molecule has 0 aliphatic carbocycles. The molecule has 3 heteroatoms. The minimum atomic E-state index is -0.0515. The number of hydrogen-bond acceptors (Lipinski definition) is 2. The SMILES string of the molecule is CCC(N)(CC)CN(C)Cc1ccc(Br)cc1. The van der Waals surface area contributed by atoms with Crippen LogP contribution < -0.4 is 5.73 Å². The van der Waals surface area contributed by atoms with Crippen LogP contribution in [0.25, 0.3) is 0 Å². The Morgan fingerprint density at radius 1 is 1.18 bits per heavy atom. The second kappa shape index (κ2) is 6.53. The molecule has 1 aromatic rings. The lowest BCUT2D eigenvalue weighted by Crippen LogP contribution is -2.48. The van der Waals surface area contributed by atoms with Crippen LogP contribution in [0.5, 0.6) is 0 Å². The number of likely N-dealkylation sites (N-methyl/N-ethyl adjacent to an activating group) is 1. The maximum absolute atomic E-state index is 6.33. The van der Waals surface area contributed by atoms with E-state index in [0.29, 0.717) is 0 Å². The van der Waals surface area contributed by atoms with Gasteiger partial charge in [0.1, 0.15) is 0 Å². The Morgan fingerprint density at radius 3 is 2.18 bits per heavy atom. The van der Waals surface area contributed by atoms with Crippen LogP contribution in [-0.4, -0.2) is 24.0 Å². The van der Waals surface area contributed by atoms with Crippen molar-refractivity contribution in [3.63, 3.8) is 0 Å². The van der Waals surface area contributed by atoms with Crippen molar-refractivity contribution in [1.82, 2.24) is 4.90 Å². The fraction of sp³-hybridized carbons (Fsp3) is 0.571. The summed E-state index contributed by atoms with van der Waals surface area (Å²) in [7, 11) is 2.13. The molecular formula is C14H23BrN2. The molecule has 0 aliphatic rings. The van der Waals surface area contributed by atoms with Crippen LogP contribution in [0, 0.1) is 0 Å². The lowest BCUT2D eigenvalue weighted by atomic mass is 9.93. The molecule has 2 nitrogen and oxygen atoms in total. The Bertz CT molecular complexity index is 331. The summed E-state index contributed by atoms with van der Waals surface area (Å²) in [4.78, 5) is 2.30. The number of nitrogens with two attached hydrogens (primary N) is 1. The molecule has 0 bridgehead atoms. The van der Waals surface area contributed by atoms with Gasteiger partial charge in [-0.1, -0.05) is 41.9 Å². The monoisotopic (exact) mass is 298 g/mol. The van der Waals surface area contributed by atoms with Crippen molar-refractivity contribution in [1.29, 1.82) is 0 Å². The molecule has 1 aromatic carbocycles. The van der Waals surface area contributed by atoms with Crippen molar-refractivity contribution in [2.24, 2.45) is 5.73 Å². The molecule has 0 heterocycles. The highest BCUT2D eigenvalue weighted by atomic mass is 79.9. The van der Waals surface area contributed by atoms with Crippen molar-refractivity contribution in [2.45, 2.75) is 38.8 Å². The van der Waals surface area contributed by atoms with E-state index >= 15 is 0 Å². The minimum Gasteiger partial charge on any atom is -0.324 e. The van der Waals surface area contributed by atoms with Crippen molar-refractivity contribution in [2.75, 3.05) is 13.6 Å². The van der Waals surface area contributed by atoms with Crippen LogP contribution in [-0.2, 0) is 6.54 Å². The van der Waals surface area contributed by atoms with Gasteiger partial charge < -0.3 is 10.6 Å². The van der Waals surface area contributed by atoms with E-state index in [9.17, 15) is 0 Å². The smallest absolute Gasteiger partial charge is 0.0278 e. The molecule has 0 radical (unpaired) electrons. The Morgan fingerprint density at radius 2 is 1.71 bits per heavy atom. The molecule has 0 unspecified atom stereocenters. The van der Waals surface area contributed by atoms with E-state index in [4.69, 9.17) is 5.73 Å². The summed E-state index contributed by atoms with van der Waals surface area (Å²) in [5.74, 6) is 0. The van der Waals surface area contributed by atoms with Gasteiger partial charge in [0.15, 0.2) is 0 Å². The molecule has 0 saturated heterocycles. The zero-order valence-corrected chi connectivity index (χ0v) is 12.6. The van der Waals surface area contributed by atoms with Crippen molar-refractivity contribution >= 4 is 15.9 Å².